The number of nitrogens with two attached hydrogens (primary N) is 1. The average molecular weight is 150 g/mol. The van der Waals surface area contributed by atoms with Crippen molar-refractivity contribution in [3.8, 4) is 11.5 Å². The summed E-state index contributed by atoms with van der Waals surface area (Å²) in [6, 6.07) is 3.41. The zero-order valence-electron chi connectivity index (χ0n) is 5.61. The van der Waals surface area contributed by atoms with Gasteiger partial charge in [-0.15, -0.1) is 0 Å². The molecule has 0 spiro atoms. The summed E-state index contributed by atoms with van der Waals surface area (Å²) in [6.45, 7) is 0. The Morgan fingerprint density at radius 2 is 2.45 bits per heavy atom. The number of H-pyrrole nitrogens is 1. The van der Waals surface area contributed by atoms with Gasteiger partial charge in [-0.3, -0.25) is 5.10 Å². The van der Waals surface area contributed by atoms with Gasteiger partial charge >= 0.3 is 0 Å². The molecule has 0 atom stereocenters. The number of nitrogens with one attached hydrogen (secondary N) is 1. The highest BCUT2D eigenvalue weighted by Gasteiger charge is 2.03. The van der Waals surface area contributed by atoms with Gasteiger partial charge in [0.2, 0.25) is 0 Å². The van der Waals surface area contributed by atoms with Gasteiger partial charge in [0.25, 0.3) is 0 Å². The van der Waals surface area contributed by atoms with Gasteiger partial charge in [0.1, 0.15) is 11.5 Å². The van der Waals surface area contributed by atoms with Crippen LogP contribution >= 0.6 is 0 Å². The second kappa shape index (κ2) is 2.12. The molecule has 0 aliphatic heterocycles. The smallest absolute Gasteiger partial charge is 0.184 e. The van der Waals surface area contributed by atoms with Gasteiger partial charge in [0.05, 0.1) is 6.20 Å². The van der Waals surface area contributed by atoms with Crippen LogP contribution in [0.3, 0.4) is 0 Å². The van der Waals surface area contributed by atoms with Crippen LogP contribution in [0.2, 0.25) is 0 Å². The van der Waals surface area contributed by atoms with Crippen molar-refractivity contribution in [2.45, 2.75) is 0 Å². The molecule has 0 aliphatic rings. The second-order valence-corrected chi connectivity index (χ2v) is 2.08. The number of nitrogen functional groups attached to an aromatic ring is 1. The molecule has 0 bridgehead atoms. The van der Waals surface area contributed by atoms with E-state index in [-0.39, 0.29) is 0 Å². The van der Waals surface area contributed by atoms with Crippen LogP contribution in [-0.2, 0) is 0 Å². The Balaban J connectivity index is 2.45. The summed E-state index contributed by atoms with van der Waals surface area (Å²) in [5.41, 5.74) is 6.12. The minimum absolute atomic E-state index is 0.441. The fraction of sp³-hybridized carbons (Fsp3) is 0. The molecule has 2 aromatic heterocycles. The van der Waals surface area contributed by atoms with Crippen LogP contribution in [0.15, 0.2) is 22.9 Å². The van der Waals surface area contributed by atoms with Crippen molar-refractivity contribution >= 4 is 5.82 Å². The molecule has 56 valence electrons. The van der Waals surface area contributed by atoms with E-state index in [0.29, 0.717) is 11.6 Å². The minimum atomic E-state index is 0.441. The van der Waals surface area contributed by atoms with Crippen LogP contribution in [0.25, 0.3) is 11.5 Å². The molecule has 2 heterocycles. The monoisotopic (exact) mass is 150 g/mol. The molecule has 0 aromatic carbocycles. The SMILES string of the molecule is Nc1cc(-c2ccno2)[nH]n1. The number of nitrogens with zero attached hydrogens (tertiary/aromatic N) is 2. The molecular formula is C6H6N4O. The van der Waals surface area contributed by atoms with Gasteiger partial charge in [-0.2, -0.15) is 5.10 Å². The molecule has 0 radical (unpaired) electrons. The Kier molecular flexibility index (Phi) is 1.15. The van der Waals surface area contributed by atoms with Crippen molar-refractivity contribution in [2.24, 2.45) is 0 Å². The van der Waals surface area contributed by atoms with Gasteiger partial charge in [-0.05, 0) is 0 Å². The topological polar surface area (TPSA) is 80.7 Å². The van der Waals surface area contributed by atoms with Crippen LogP contribution < -0.4 is 5.73 Å². The lowest BCUT2D eigenvalue weighted by Crippen LogP contribution is -1.81. The third-order valence-electron chi connectivity index (χ3n) is 1.30. The normalized spacial score (nSPS) is 10.2. The van der Waals surface area contributed by atoms with Gasteiger partial charge < -0.3 is 10.3 Å². The fourth-order valence-corrected chi connectivity index (χ4v) is 0.818. The quantitative estimate of drug-likeness (QED) is 0.625. The van der Waals surface area contributed by atoms with Gasteiger partial charge in [0.15, 0.2) is 5.76 Å². The average Bonchev–Trinajstić information content (AvgIpc) is 2.55. The first-order chi connectivity index (χ1) is 5.36. The zero-order valence-corrected chi connectivity index (χ0v) is 5.61. The molecule has 2 rings (SSSR count). The maximum absolute atomic E-state index is 5.38. The molecule has 0 amide bonds. The standard InChI is InChI=1S/C6H6N4O/c7-6-3-4(9-10-6)5-1-2-8-11-5/h1-3H,(H3,7,9,10). The Labute approximate surface area is 62.2 Å². The van der Waals surface area contributed by atoms with Crippen molar-refractivity contribution in [1.29, 1.82) is 0 Å². The summed E-state index contributed by atoms with van der Waals surface area (Å²) in [5.74, 6) is 1.07. The molecule has 11 heavy (non-hydrogen) atoms. The lowest BCUT2D eigenvalue weighted by atomic mass is 10.3. The van der Waals surface area contributed by atoms with Crippen LogP contribution in [0.1, 0.15) is 0 Å². The highest BCUT2D eigenvalue weighted by atomic mass is 16.5. The van der Waals surface area contributed by atoms with E-state index >= 15 is 0 Å². The summed E-state index contributed by atoms with van der Waals surface area (Å²) in [6.07, 6.45) is 1.56. The molecule has 0 fully saturated rings. The molecule has 5 heteroatoms. The Morgan fingerprint density at radius 3 is 3.00 bits per heavy atom. The predicted octanol–water partition coefficient (Wildman–Crippen LogP) is 0.647. The van der Waals surface area contributed by atoms with Gasteiger partial charge in [-0.1, -0.05) is 5.16 Å². The number of anilines is 1. The Bertz CT molecular complexity index is 337. The van der Waals surface area contributed by atoms with E-state index in [1.807, 2.05) is 0 Å². The number of aromatic amines is 1. The Hall–Kier alpha value is -1.78. The molecule has 0 aliphatic carbocycles. The second-order valence-electron chi connectivity index (χ2n) is 2.08. The van der Waals surface area contributed by atoms with E-state index < -0.39 is 0 Å². The summed E-state index contributed by atoms with van der Waals surface area (Å²) in [4.78, 5) is 0. The highest BCUT2D eigenvalue weighted by Crippen LogP contribution is 2.16. The minimum Gasteiger partial charge on any atom is -0.382 e. The fourth-order valence-electron chi connectivity index (χ4n) is 0.818. The lowest BCUT2D eigenvalue weighted by Gasteiger charge is -1.82. The van der Waals surface area contributed by atoms with Crippen molar-refractivity contribution < 1.29 is 4.52 Å². The summed E-state index contributed by atoms with van der Waals surface area (Å²) in [7, 11) is 0. The first kappa shape index (κ1) is 5.96. The predicted molar refractivity (Wildman–Crippen MR) is 38.5 cm³/mol. The van der Waals surface area contributed by atoms with Crippen LogP contribution in [0, 0.1) is 0 Å². The third kappa shape index (κ3) is 0.958. The maximum atomic E-state index is 5.38. The molecule has 0 saturated carbocycles. The lowest BCUT2D eigenvalue weighted by molar-refractivity contribution is 0.431. The third-order valence-corrected chi connectivity index (χ3v) is 1.30. The maximum Gasteiger partial charge on any atom is 0.184 e. The van der Waals surface area contributed by atoms with Crippen molar-refractivity contribution in [2.75, 3.05) is 5.73 Å². The molecule has 0 saturated heterocycles. The van der Waals surface area contributed by atoms with Gasteiger partial charge in [-0.25, -0.2) is 0 Å². The molecule has 2 aromatic rings. The number of hydrogen-bond donors (Lipinski definition) is 2. The van der Waals surface area contributed by atoms with Gasteiger partial charge in [0, 0.05) is 12.1 Å². The van der Waals surface area contributed by atoms with E-state index in [0.717, 1.165) is 5.69 Å². The number of rotatable bonds is 1. The van der Waals surface area contributed by atoms with Crippen LogP contribution in [-0.4, -0.2) is 15.4 Å². The molecule has 0 unspecified atom stereocenters. The largest absolute Gasteiger partial charge is 0.382 e. The van der Waals surface area contributed by atoms with E-state index in [1.54, 1.807) is 18.3 Å². The molecular weight excluding hydrogens is 144 g/mol. The number of aromatic nitrogens is 3. The highest BCUT2D eigenvalue weighted by molar-refractivity contribution is 5.55. The Morgan fingerprint density at radius 1 is 1.55 bits per heavy atom. The van der Waals surface area contributed by atoms with E-state index in [9.17, 15) is 0 Å². The first-order valence-corrected chi connectivity index (χ1v) is 3.08. The van der Waals surface area contributed by atoms with Crippen molar-refractivity contribution in [1.82, 2.24) is 15.4 Å². The summed E-state index contributed by atoms with van der Waals surface area (Å²) in [5, 5.41) is 9.98. The zero-order chi connectivity index (χ0) is 7.68. The van der Waals surface area contributed by atoms with Crippen LogP contribution in [0.4, 0.5) is 5.82 Å². The first-order valence-electron chi connectivity index (χ1n) is 3.08. The van der Waals surface area contributed by atoms with E-state index in [1.165, 1.54) is 0 Å². The molecule has 5 nitrogen and oxygen atoms in total. The summed E-state index contributed by atoms with van der Waals surface area (Å²) < 4.78 is 4.86. The summed E-state index contributed by atoms with van der Waals surface area (Å²) >= 11 is 0. The van der Waals surface area contributed by atoms with E-state index in [2.05, 4.69) is 15.4 Å². The van der Waals surface area contributed by atoms with Crippen molar-refractivity contribution in [3.05, 3.63) is 18.3 Å². The van der Waals surface area contributed by atoms with Crippen LogP contribution in [0.5, 0.6) is 0 Å². The van der Waals surface area contributed by atoms with Crippen molar-refractivity contribution in [3.63, 3.8) is 0 Å². The van der Waals surface area contributed by atoms with E-state index in [4.69, 9.17) is 10.3 Å². The molecule has 3 N–H and O–H groups in total. The number of hydrogen-bond acceptors (Lipinski definition) is 4.